The van der Waals surface area contributed by atoms with Crippen LogP contribution in [-0.4, -0.2) is 76.9 Å². The predicted octanol–water partition coefficient (Wildman–Crippen LogP) is 3.08. The maximum Gasteiger partial charge on any atom is 0.410 e. The van der Waals surface area contributed by atoms with Crippen LogP contribution in [0.15, 0.2) is 6.20 Å². The Hall–Kier alpha value is -1.80. The maximum atomic E-state index is 12.9. The summed E-state index contributed by atoms with van der Waals surface area (Å²) in [7, 11) is 0. The Balaban J connectivity index is 1.49. The maximum absolute atomic E-state index is 12.9. The van der Waals surface area contributed by atoms with E-state index in [2.05, 4.69) is 15.1 Å². The van der Waals surface area contributed by atoms with Gasteiger partial charge in [0.25, 0.3) is 0 Å². The lowest BCUT2D eigenvalue weighted by atomic mass is 9.94. The first kappa shape index (κ1) is 21.9. The van der Waals surface area contributed by atoms with Crippen LogP contribution in [0.1, 0.15) is 33.6 Å². The van der Waals surface area contributed by atoms with Gasteiger partial charge in [0.05, 0.1) is 11.9 Å². The SMILES string of the molecule is CC(C)(C)OC(=O)N1CCN(C(=O)C2CCN(c3cnnc(Cl)c3Cl)CC2)CC1. The second-order valence-electron chi connectivity index (χ2n) is 8.39. The van der Waals surface area contributed by atoms with Gasteiger partial charge in [0, 0.05) is 45.2 Å². The summed E-state index contributed by atoms with van der Waals surface area (Å²) in [6, 6.07) is 0. The van der Waals surface area contributed by atoms with E-state index in [-0.39, 0.29) is 23.1 Å². The van der Waals surface area contributed by atoms with Crippen LogP contribution < -0.4 is 4.90 Å². The summed E-state index contributed by atoms with van der Waals surface area (Å²) >= 11 is 12.2. The van der Waals surface area contributed by atoms with Gasteiger partial charge in [-0.05, 0) is 33.6 Å². The minimum atomic E-state index is -0.518. The van der Waals surface area contributed by atoms with Crippen molar-refractivity contribution in [3.63, 3.8) is 0 Å². The van der Waals surface area contributed by atoms with Gasteiger partial charge in [0.1, 0.15) is 10.6 Å². The number of anilines is 1. The molecule has 0 aromatic carbocycles. The molecule has 3 rings (SSSR count). The molecule has 0 spiro atoms. The molecule has 0 N–H and O–H groups in total. The molecular formula is C19H27Cl2N5O3. The van der Waals surface area contributed by atoms with Gasteiger partial charge in [-0.25, -0.2) is 4.79 Å². The number of piperazine rings is 1. The first-order chi connectivity index (χ1) is 13.7. The molecule has 0 bridgehead atoms. The molecule has 160 valence electrons. The molecule has 0 radical (unpaired) electrons. The van der Waals surface area contributed by atoms with Crippen molar-refractivity contribution in [2.45, 2.75) is 39.2 Å². The lowest BCUT2D eigenvalue weighted by molar-refractivity contribution is -0.138. The highest BCUT2D eigenvalue weighted by Crippen LogP contribution is 2.33. The number of carbonyl (C=O) groups excluding carboxylic acids is 2. The Kier molecular flexibility index (Phi) is 6.73. The number of hydrogen-bond donors (Lipinski definition) is 0. The van der Waals surface area contributed by atoms with Gasteiger partial charge in [-0.2, -0.15) is 5.10 Å². The highest BCUT2D eigenvalue weighted by molar-refractivity contribution is 6.42. The molecule has 0 atom stereocenters. The number of carbonyl (C=O) groups is 2. The molecule has 2 aliphatic rings. The smallest absolute Gasteiger partial charge is 0.410 e. The number of nitrogens with zero attached hydrogens (tertiary/aromatic N) is 5. The third-order valence-electron chi connectivity index (χ3n) is 5.16. The third-order valence-corrected chi connectivity index (χ3v) is 5.89. The second kappa shape index (κ2) is 8.92. The average Bonchev–Trinajstić information content (AvgIpc) is 2.68. The highest BCUT2D eigenvalue weighted by atomic mass is 35.5. The Morgan fingerprint density at radius 1 is 1.03 bits per heavy atom. The number of rotatable bonds is 2. The van der Waals surface area contributed by atoms with E-state index in [1.54, 1.807) is 11.1 Å². The van der Waals surface area contributed by atoms with Crippen LogP contribution in [-0.2, 0) is 9.53 Å². The Bertz CT molecular complexity index is 755. The van der Waals surface area contributed by atoms with Gasteiger partial charge in [0.2, 0.25) is 5.91 Å². The quantitative estimate of drug-likeness (QED) is 0.698. The van der Waals surface area contributed by atoms with E-state index < -0.39 is 5.60 Å². The summed E-state index contributed by atoms with van der Waals surface area (Å²) in [5, 5.41) is 8.18. The van der Waals surface area contributed by atoms with Gasteiger partial charge >= 0.3 is 6.09 Å². The van der Waals surface area contributed by atoms with Crippen LogP contribution in [0, 0.1) is 5.92 Å². The molecule has 0 aliphatic carbocycles. The molecule has 0 saturated carbocycles. The van der Waals surface area contributed by atoms with Crippen molar-refractivity contribution in [1.82, 2.24) is 20.0 Å². The lowest BCUT2D eigenvalue weighted by Crippen LogP contribution is -2.53. The summed E-state index contributed by atoms with van der Waals surface area (Å²) in [6.45, 7) is 9.02. The Labute approximate surface area is 181 Å². The van der Waals surface area contributed by atoms with E-state index in [1.807, 2.05) is 25.7 Å². The molecule has 2 aliphatic heterocycles. The fourth-order valence-electron chi connectivity index (χ4n) is 3.62. The molecule has 2 fully saturated rings. The summed E-state index contributed by atoms with van der Waals surface area (Å²) in [5.74, 6) is 0.133. The third kappa shape index (κ3) is 5.42. The summed E-state index contributed by atoms with van der Waals surface area (Å²) < 4.78 is 5.41. The number of hydrogen-bond acceptors (Lipinski definition) is 6. The Morgan fingerprint density at radius 3 is 2.21 bits per heavy atom. The van der Waals surface area contributed by atoms with Gasteiger partial charge in [-0.15, -0.1) is 5.10 Å². The summed E-state index contributed by atoms with van der Waals surface area (Å²) in [5.41, 5.74) is 0.235. The van der Waals surface area contributed by atoms with E-state index in [9.17, 15) is 9.59 Å². The van der Waals surface area contributed by atoms with Crippen molar-refractivity contribution < 1.29 is 14.3 Å². The van der Waals surface area contributed by atoms with Crippen LogP contribution in [0.4, 0.5) is 10.5 Å². The molecule has 1 aromatic rings. The standard InChI is InChI=1S/C19H27Cl2N5O3/c1-19(2,3)29-18(28)26-10-8-25(9-11-26)17(27)13-4-6-24(7-5-13)14-12-22-23-16(21)15(14)20/h12-13H,4-11H2,1-3H3. The topological polar surface area (TPSA) is 78.9 Å². The number of piperidine rings is 1. The van der Waals surface area contributed by atoms with E-state index in [0.29, 0.717) is 44.3 Å². The van der Waals surface area contributed by atoms with E-state index in [1.165, 1.54) is 0 Å². The molecular weight excluding hydrogens is 417 g/mol. The zero-order valence-electron chi connectivity index (χ0n) is 17.0. The zero-order chi connectivity index (χ0) is 21.2. The molecule has 8 nitrogen and oxygen atoms in total. The first-order valence-corrected chi connectivity index (χ1v) is 10.6. The van der Waals surface area contributed by atoms with E-state index in [0.717, 1.165) is 18.5 Å². The molecule has 29 heavy (non-hydrogen) atoms. The van der Waals surface area contributed by atoms with Gasteiger partial charge in [-0.1, -0.05) is 23.2 Å². The van der Waals surface area contributed by atoms with Crippen LogP contribution >= 0.6 is 23.2 Å². The van der Waals surface area contributed by atoms with Crippen molar-refractivity contribution in [3.05, 3.63) is 16.4 Å². The second-order valence-corrected chi connectivity index (χ2v) is 9.12. The molecule has 1 aromatic heterocycles. The fourth-order valence-corrected chi connectivity index (χ4v) is 3.97. The van der Waals surface area contributed by atoms with Crippen LogP contribution in [0.5, 0.6) is 0 Å². The summed E-state index contributed by atoms with van der Waals surface area (Å²) in [4.78, 5) is 30.7. The molecule has 2 amide bonds. The van der Waals surface area contributed by atoms with E-state index in [4.69, 9.17) is 27.9 Å². The fraction of sp³-hybridized carbons (Fsp3) is 0.684. The van der Waals surface area contributed by atoms with Crippen molar-refractivity contribution in [3.8, 4) is 0 Å². The van der Waals surface area contributed by atoms with E-state index >= 15 is 0 Å². The van der Waals surface area contributed by atoms with Crippen molar-refractivity contribution in [1.29, 1.82) is 0 Å². The van der Waals surface area contributed by atoms with Crippen molar-refractivity contribution in [2.24, 2.45) is 5.92 Å². The minimum absolute atomic E-state index is 0.0247. The lowest BCUT2D eigenvalue weighted by Gasteiger charge is -2.39. The molecule has 2 saturated heterocycles. The summed E-state index contributed by atoms with van der Waals surface area (Å²) in [6.07, 6.45) is 2.76. The van der Waals surface area contributed by atoms with Gasteiger partial charge in [0.15, 0.2) is 5.15 Å². The van der Waals surface area contributed by atoms with Crippen molar-refractivity contribution in [2.75, 3.05) is 44.2 Å². The van der Waals surface area contributed by atoms with Crippen LogP contribution in [0.3, 0.4) is 0 Å². The van der Waals surface area contributed by atoms with Crippen molar-refractivity contribution >= 4 is 40.9 Å². The number of amides is 2. The number of aromatic nitrogens is 2. The molecule has 0 unspecified atom stereocenters. The molecule has 10 heteroatoms. The van der Waals surface area contributed by atoms with Crippen LogP contribution in [0.25, 0.3) is 0 Å². The largest absolute Gasteiger partial charge is 0.444 e. The normalized spacial score (nSPS) is 18.7. The predicted molar refractivity (Wildman–Crippen MR) is 111 cm³/mol. The average molecular weight is 444 g/mol. The minimum Gasteiger partial charge on any atom is -0.444 e. The van der Waals surface area contributed by atoms with Gasteiger partial charge < -0.3 is 19.4 Å². The zero-order valence-corrected chi connectivity index (χ0v) is 18.5. The Morgan fingerprint density at radius 2 is 1.62 bits per heavy atom. The molecule has 3 heterocycles. The monoisotopic (exact) mass is 443 g/mol. The first-order valence-electron chi connectivity index (χ1n) is 9.84. The van der Waals surface area contributed by atoms with Gasteiger partial charge in [-0.3, -0.25) is 4.79 Å². The number of halogens is 2. The highest BCUT2D eigenvalue weighted by Gasteiger charge is 2.33. The van der Waals surface area contributed by atoms with Crippen LogP contribution in [0.2, 0.25) is 10.2 Å². The number of ether oxygens (including phenoxy) is 1.